The summed E-state index contributed by atoms with van der Waals surface area (Å²) in [6, 6.07) is 34.6. The van der Waals surface area contributed by atoms with Crippen LogP contribution in [0.15, 0.2) is 109 Å². The van der Waals surface area contributed by atoms with Crippen molar-refractivity contribution in [2.24, 2.45) is 5.92 Å². The second-order valence-corrected chi connectivity index (χ2v) is 12.9. The molecule has 9 heteroatoms. The van der Waals surface area contributed by atoms with Crippen LogP contribution in [0.1, 0.15) is 42.1 Å². The molecule has 6 rings (SSSR count). The molecule has 2 aliphatic rings. The van der Waals surface area contributed by atoms with Crippen molar-refractivity contribution in [3.8, 4) is 0 Å². The van der Waals surface area contributed by atoms with E-state index in [4.69, 9.17) is 14.2 Å². The second-order valence-electron chi connectivity index (χ2n) is 12.9. The number of hydrogen-bond donors (Lipinski definition) is 0. The highest BCUT2D eigenvalue weighted by atomic mass is 19.4. The van der Waals surface area contributed by atoms with E-state index in [0.717, 1.165) is 42.1 Å². The summed E-state index contributed by atoms with van der Waals surface area (Å²) in [4.78, 5) is 8.41. The van der Waals surface area contributed by atoms with Crippen LogP contribution in [0.3, 0.4) is 0 Å². The summed E-state index contributed by atoms with van der Waals surface area (Å²) in [5.41, 5.74) is 2.40. The molecule has 2 aliphatic heterocycles. The van der Waals surface area contributed by atoms with Gasteiger partial charge in [0.05, 0.1) is 25.9 Å². The van der Waals surface area contributed by atoms with Gasteiger partial charge in [-0.25, -0.2) is 4.98 Å². The third kappa shape index (κ3) is 9.02. The quantitative estimate of drug-likeness (QED) is 0.155. The lowest BCUT2D eigenvalue weighted by molar-refractivity contribution is -0.202. The number of ether oxygens (including phenoxy) is 3. The van der Waals surface area contributed by atoms with Crippen molar-refractivity contribution < 1.29 is 27.4 Å². The molecule has 0 unspecified atom stereocenters. The minimum atomic E-state index is -4.48. The molecule has 6 nitrogen and oxygen atoms in total. The number of hydrogen-bond acceptors (Lipinski definition) is 6. The number of piperidine rings is 2. The Hall–Kier alpha value is -3.76. The van der Waals surface area contributed by atoms with Gasteiger partial charge in [0.15, 0.2) is 0 Å². The van der Waals surface area contributed by atoms with Gasteiger partial charge in [0.1, 0.15) is 23.7 Å². The molecule has 0 bridgehead atoms. The number of alkyl halides is 3. The zero-order valence-electron chi connectivity index (χ0n) is 27.3. The molecule has 48 heavy (non-hydrogen) atoms. The average molecular weight is 660 g/mol. The number of rotatable bonds is 12. The van der Waals surface area contributed by atoms with Gasteiger partial charge in [-0.05, 0) is 54.5 Å². The Bertz CT molecular complexity index is 1540. The summed E-state index contributed by atoms with van der Waals surface area (Å²) in [5.74, 6) is 0.618. The third-order valence-corrected chi connectivity index (χ3v) is 9.39. The lowest BCUT2D eigenvalue weighted by Crippen LogP contribution is -2.63. The molecule has 0 radical (unpaired) electrons. The van der Waals surface area contributed by atoms with Gasteiger partial charge in [0.2, 0.25) is 0 Å². The van der Waals surface area contributed by atoms with E-state index in [1.165, 1.54) is 6.07 Å². The van der Waals surface area contributed by atoms with Crippen molar-refractivity contribution in [2.45, 2.75) is 70.1 Å². The predicted octanol–water partition coefficient (Wildman–Crippen LogP) is 7.78. The number of anilines is 1. The van der Waals surface area contributed by atoms with Crippen LogP contribution in [0.25, 0.3) is 0 Å². The Labute approximate surface area is 281 Å². The molecular weight excluding hydrogens is 615 g/mol. The molecule has 0 spiro atoms. The van der Waals surface area contributed by atoms with E-state index < -0.39 is 11.9 Å². The maximum absolute atomic E-state index is 13.4. The monoisotopic (exact) mass is 659 g/mol. The number of pyridine rings is 1. The normalized spacial score (nSPS) is 23.7. The van der Waals surface area contributed by atoms with Crippen LogP contribution < -0.4 is 4.90 Å². The van der Waals surface area contributed by atoms with Crippen molar-refractivity contribution in [3.05, 3.63) is 132 Å². The zero-order chi connectivity index (χ0) is 33.3. The van der Waals surface area contributed by atoms with Crippen molar-refractivity contribution in [1.29, 1.82) is 0 Å². The van der Waals surface area contributed by atoms with Crippen LogP contribution in [-0.4, -0.2) is 60.4 Å². The fourth-order valence-corrected chi connectivity index (χ4v) is 6.84. The number of halogens is 3. The average Bonchev–Trinajstić information content (AvgIpc) is 3.12. The molecule has 1 aromatic heterocycles. The van der Waals surface area contributed by atoms with Crippen LogP contribution in [0.2, 0.25) is 0 Å². The Morgan fingerprint density at radius 1 is 0.688 bits per heavy atom. The molecule has 5 atom stereocenters. The van der Waals surface area contributed by atoms with Crippen LogP contribution in [0.5, 0.6) is 0 Å². The summed E-state index contributed by atoms with van der Waals surface area (Å²) in [7, 11) is 0. The Morgan fingerprint density at radius 2 is 1.25 bits per heavy atom. The third-order valence-electron chi connectivity index (χ3n) is 9.39. The van der Waals surface area contributed by atoms with Gasteiger partial charge in [-0.15, -0.1) is 0 Å². The van der Waals surface area contributed by atoms with Crippen LogP contribution >= 0.6 is 0 Å². The zero-order valence-corrected chi connectivity index (χ0v) is 27.3. The van der Waals surface area contributed by atoms with Gasteiger partial charge in [0.25, 0.3) is 0 Å². The van der Waals surface area contributed by atoms with Crippen molar-refractivity contribution in [1.82, 2.24) is 9.88 Å². The fourth-order valence-electron chi connectivity index (χ4n) is 6.84. The molecule has 2 fully saturated rings. The van der Waals surface area contributed by atoms with Gasteiger partial charge in [-0.2, -0.15) is 13.2 Å². The number of nitrogens with zero attached hydrogens (tertiary/aromatic N) is 3. The smallest absolute Gasteiger partial charge is 0.369 e. The maximum atomic E-state index is 13.4. The van der Waals surface area contributed by atoms with Gasteiger partial charge in [-0.3, -0.25) is 4.90 Å². The first-order valence-electron chi connectivity index (χ1n) is 16.8. The lowest BCUT2D eigenvalue weighted by Gasteiger charge is -2.49. The predicted molar refractivity (Wildman–Crippen MR) is 180 cm³/mol. The van der Waals surface area contributed by atoms with Crippen LogP contribution in [0.4, 0.5) is 19.0 Å². The molecular formula is C39H44F3N3O3. The largest absolute Gasteiger partial charge is 0.433 e. The maximum Gasteiger partial charge on any atom is 0.433 e. The molecule has 0 amide bonds. The molecule has 254 valence electrons. The van der Waals surface area contributed by atoms with E-state index in [1.807, 2.05) is 59.5 Å². The van der Waals surface area contributed by atoms with E-state index in [-0.39, 0.29) is 30.3 Å². The van der Waals surface area contributed by atoms with Gasteiger partial charge in [-0.1, -0.05) is 97.1 Å². The van der Waals surface area contributed by atoms with E-state index >= 15 is 0 Å². The molecule has 4 aromatic rings. The van der Waals surface area contributed by atoms with E-state index in [0.29, 0.717) is 45.3 Å². The minimum absolute atomic E-state index is 0.00752. The topological polar surface area (TPSA) is 47.1 Å². The fraction of sp³-hybridized carbons (Fsp3) is 0.410. The SMILES string of the molecule is C[C@@H]1[C@@H](OCc2ccccc2)[C@H](OCc2ccccc2)[C@@H](OCc2ccccc2)CN1C[C@H]1CCCN(c2cccc(C(F)(F)F)n2)C1. The van der Waals surface area contributed by atoms with Gasteiger partial charge < -0.3 is 19.1 Å². The van der Waals surface area contributed by atoms with E-state index in [1.54, 1.807) is 6.07 Å². The first-order valence-corrected chi connectivity index (χ1v) is 16.8. The molecule has 3 heterocycles. The number of aromatic nitrogens is 1. The summed E-state index contributed by atoms with van der Waals surface area (Å²) in [6.45, 7) is 6.25. The number of benzene rings is 3. The standard InChI is InChI=1S/C39H44F3N3O3/c1-29-37(47-27-31-15-7-3-8-16-31)38(48-28-32-17-9-4-10-18-32)34(46-26-30-13-5-2-6-14-30)25-45(29)24-33-19-12-22-44(23-33)36-21-11-20-35(43-36)39(40,41)42/h2-11,13-18,20-21,29,33-34,37-38H,12,19,22-28H2,1H3/t29-,33+,34+,37-,38-/m1/s1. The van der Waals surface area contributed by atoms with Crippen LogP contribution in [-0.2, 0) is 40.2 Å². The molecule has 0 saturated carbocycles. The Kier molecular flexibility index (Phi) is 11.4. The summed E-state index contributed by atoms with van der Waals surface area (Å²) in [6.07, 6.45) is -3.48. The summed E-state index contributed by atoms with van der Waals surface area (Å²) >= 11 is 0. The Balaban J connectivity index is 1.22. The second kappa shape index (κ2) is 16.1. The summed E-state index contributed by atoms with van der Waals surface area (Å²) in [5, 5.41) is 0. The Morgan fingerprint density at radius 3 is 1.83 bits per heavy atom. The lowest BCUT2D eigenvalue weighted by atomic mass is 9.90. The summed E-state index contributed by atoms with van der Waals surface area (Å²) < 4.78 is 60.5. The highest BCUT2D eigenvalue weighted by molar-refractivity contribution is 5.40. The van der Waals surface area contributed by atoms with Crippen molar-refractivity contribution in [2.75, 3.05) is 31.1 Å². The highest BCUT2D eigenvalue weighted by Crippen LogP contribution is 2.33. The molecule has 0 N–H and O–H groups in total. The van der Waals surface area contributed by atoms with Crippen LogP contribution in [0, 0.1) is 5.92 Å². The first kappa shape index (κ1) is 34.1. The molecule has 0 aliphatic carbocycles. The van der Waals surface area contributed by atoms with Crippen molar-refractivity contribution >= 4 is 5.82 Å². The first-order chi connectivity index (χ1) is 23.3. The van der Waals surface area contributed by atoms with E-state index in [2.05, 4.69) is 53.2 Å². The van der Waals surface area contributed by atoms with Crippen molar-refractivity contribution in [3.63, 3.8) is 0 Å². The van der Waals surface area contributed by atoms with E-state index in [9.17, 15) is 13.2 Å². The van der Waals surface area contributed by atoms with Gasteiger partial charge in [0, 0.05) is 32.2 Å². The highest BCUT2D eigenvalue weighted by Gasteiger charge is 2.45. The molecule has 2 saturated heterocycles. The molecule has 3 aromatic carbocycles. The van der Waals surface area contributed by atoms with Gasteiger partial charge >= 0.3 is 6.18 Å². The number of likely N-dealkylation sites (tertiary alicyclic amines) is 1. The minimum Gasteiger partial charge on any atom is -0.369 e.